The molecule has 33 heavy (non-hydrogen) atoms. The number of benzene rings is 2. The maximum absolute atomic E-state index is 9.23. The highest BCUT2D eigenvalue weighted by Gasteiger charge is 2.26. The predicted octanol–water partition coefficient (Wildman–Crippen LogP) is 4.77. The van der Waals surface area contributed by atoms with Crippen LogP contribution in [0, 0.1) is 18.3 Å². The number of hydrogen-bond acceptors (Lipinski definition) is 5. The van der Waals surface area contributed by atoms with Gasteiger partial charge < -0.3 is 9.80 Å². The van der Waals surface area contributed by atoms with E-state index in [1.807, 2.05) is 30.6 Å². The minimum Gasteiger partial charge on any atom is -0.352 e. The molecule has 3 heterocycles. The van der Waals surface area contributed by atoms with E-state index >= 15 is 0 Å². The number of anilines is 1. The van der Waals surface area contributed by atoms with E-state index in [1.165, 1.54) is 12.0 Å². The lowest BCUT2D eigenvalue weighted by atomic mass is 10.00. The highest BCUT2D eigenvalue weighted by molar-refractivity contribution is 5.90. The van der Waals surface area contributed by atoms with Crippen molar-refractivity contribution in [3.63, 3.8) is 0 Å². The number of fused-ring (bicyclic) bond motifs is 1. The van der Waals surface area contributed by atoms with Crippen LogP contribution in [-0.4, -0.2) is 52.7 Å². The van der Waals surface area contributed by atoms with Gasteiger partial charge in [0.15, 0.2) is 5.82 Å². The van der Waals surface area contributed by atoms with Crippen LogP contribution in [-0.2, 0) is 0 Å². The van der Waals surface area contributed by atoms with Crippen molar-refractivity contribution >= 4 is 11.3 Å². The second-order valence-electron chi connectivity index (χ2n) is 9.08. The van der Waals surface area contributed by atoms with Gasteiger partial charge in [-0.3, -0.25) is 4.40 Å². The lowest BCUT2D eigenvalue weighted by molar-refractivity contribution is 0.257. The number of nitriles is 1. The predicted molar refractivity (Wildman–Crippen MR) is 132 cm³/mol. The van der Waals surface area contributed by atoms with Gasteiger partial charge in [-0.2, -0.15) is 5.26 Å². The molecule has 1 fully saturated rings. The molecule has 0 spiro atoms. The van der Waals surface area contributed by atoms with Crippen LogP contribution >= 0.6 is 0 Å². The number of piperidine rings is 1. The van der Waals surface area contributed by atoms with E-state index < -0.39 is 0 Å². The molecule has 4 aromatic rings. The zero-order chi connectivity index (χ0) is 22.9. The Morgan fingerprint density at radius 3 is 2.45 bits per heavy atom. The van der Waals surface area contributed by atoms with E-state index in [1.54, 1.807) is 0 Å². The molecule has 6 heteroatoms. The molecule has 2 aromatic heterocycles. The molecule has 1 saturated heterocycles. The largest absolute Gasteiger partial charge is 0.352 e. The van der Waals surface area contributed by atoms with Gasteiger partial charge in [-0.25, -0.2) is 0 Å². The van der Waals surface area contributed by atoms with Gasteiger partial charge in [0.05, 0.1) is 22.8 Å². The Morgan fingerprint density at radius 1 is 1.03 bits per heavy atom. The highest BCUT2D eigenvalue weighted by Crippen LogP contribution is 2.38. The number of likely N-dealkylation sites (N-methyl/N-ethyl adjacent to an activating group) is 1. The number of rotatable bonds is 4. The maximum Gasteiger partial charge on any atom is 0.175 e. The van der Waals surface area contributed by atoms with Crippen LogP contribution in [0.1, 0.15) is 24.0 Å². The number of aromatic nitrogens is 3. The molecule has 0 amide bonds. The number of nitrogens with zero attached hydrogens (tertiary/aromatic N) is 6. The molecule has 0 unspecified atom stereocenters. The Morgan fingerprint density at radius 2 is 1.76 bits per heavy atom. The summed E-state index contributed by atoms with van der Waals surface area (Å²) >= 11 is 0. The summed E-state index contributed by atoms with van der Waals surface area (Å²) in [6.45, 7) is 4.02. The number of hydrogen-bond donors (Lipinski definition) is 0. The molecule has 6 nitrogen and oxygen atoms in total. The number of aryl methyl sites for hydroxylation is 1. The molecule has 1 aliphatic heterocycles. The second-order valence-corrected chi connectivity index (χ2v) is 9.08. The lowest BCUT2D eigenvalue weighted by Crippen LogP contribution is -2.45. The molecule has 0 radical (unpaired) electrons. The van der Waals surface area contributed by atoms with Crippen LogP contribution < -0.4 is 4.90 Å². The molecule has 166 valence electrons. The summed E-state index contributed by atoms with van der Waals surface area (Å²) in [5.41, 5.74) is 7.34. The third-order valence-corrected chi connectivity index (χ3v) is 6.66. The summed E-state index contributed by atoms with van der Waals surface area (Å²) < 4.78 is 2.17. The van der Waals surface area contributed by atoms with Crippen LogP contribution in [0.25, 0.3) is 27.9 Å². The average Bonchev–Trinajstić information content (AvgIpc) is 3.24. The zero-order valence-corrected chi connectivity index (χ0v) is 19.4. The van der Waals surface area contributed by atoms with E-state index in [9.17, 15) is 5.26 Å². The lowest BCUT2D eigenvalue weighted by Gasteiger charge is -2.36. The van der Waals surface area contributed by atoms with E-state index in [0.29, 0.717) is 11.6 Å². The van der Waals surface area contributed by atoms with Gasteiger partial charge >= 0.3 is 0 Å². The van der Waals surface area contributed by atoms with Gasteiger partial charge in [0.1, 0.15) is 6.33 Å². The van der Waals surface area contributed by atoms with Crippen molar-refractivity contribution in [2.24, 2.45) is 0 Å². The molecular formula is C27H28N6. The van der Waals surface area contributed by atoms with Crippen LogP contribution in [0.15, 0.2) is 60.9 Å². The molecule has 1 atom stereocenters. The fourth-order valence-corrected chi connectivity index (χ4v) is 4.74. The van der Waals surface area contributed by atoms with Gasteiger partial charge in [0.2, 0.25) is 0 Å². The smallest absolute Gasteiger partial charge is 0.175 e. The zero-order valence-electron chi connectivity index (χ0n) is 19.4. The van der Waals surface area contributed by atoms with Crippen molar-refractivity contribution < 1.29 is 0 Å². The van der Waals surface area contributed by atoms with E-state index in [2.05, 4.69) is 81.8 Å². The Balaban J connectivity index is 1.70. The molecule has 0 bridgehead atoms. The topological polar surface area (TPSA) is 60.5 Å². The quantitative estimate of drug-likeness (QED) is 0.461. The SMILES string of the molecule is Cc1ccc(-c2c(-c3ccc(C#N)cc3)cc3c(N4CCC[C@@H](N(C)C)C4)nncn23)cc1. The summed E-state index contributed by atoms with van der Waals surface area (Å²) in [6.07, 6.45) is 4.15. The fraction of sp³-hybridized carbons (Fsp3) is 0.296. The molecule has 1 aliphatic rings. The second kappa shape index (κ2) is 8.68. The molecule has 5 rings (SSSR count). The van der Waals surface area contributed by atoms with Gasteiger partial charge in [0, 0.05) is 24.7 Å². The van der Waals surface area contributed by atoms with Crippen molar-refractivity contribution in [3.05, 3.63) is 72.1 Å². The van der Waals surface area contributed by atoms with Gasteiger partial charge in [0.25, 0.3) is 0 Å². The van der Waals surface area contributed by atoms with Crippen LogP contribution in [0.4, 0.5) is 5.82 Å². The third-order valence-electron chi connectivity index (χ3n) is 6.66. The summed E-state index contributed by atoms with van der Waals surface area (Å²) in [4.78, 5) is 4.68. The molecule has 0 aliphatic carbocycles. The van der Waals surface area contributed by atoms with Crippen molar-refractivity contribution in [2.45, 2.75) is 25.8 Å². The normalized spacial score (nSPS) is 16.3. The Kier molecular flexibility index (Phi) is 5.57. The van der Waals surface area contributed by atoms with Crippen molar-refractivity contribution in [2.75, 3.05) is 32.1 Å². The van der Waals surface area contributed by atoms with Gasteiger partial charge in [-0.15, -0.1) is 10.2 Å². The van der Waals surface area contributed by atoms with E-state index in [4.69, 9.17) is 0 Å². The standard InChI is InChI=1S/C27H28N6/c1-19-6-10-22(11-7-19)26-24(21-12-8-20(16-28)9-13-21)15-25-27(30-29-18-33(25)26)32-14-4-5-23(17-32)31(2)3/h6-13,15,18,23H,4-5,14,17H2,1-3H3/t23-/m1/s1. The fourth-order valence-electron chi connectivity index (χ4n) is 4.74. The molecule has 0 saturated carbocycles. The van der Waals surface area contributed by atoms with Crippen molar-refractivity contribution in [1.82, 2.24) is 19.5 Å². The monoisotopic (exact) mass is 436 g/mol. The molecule has 2 aromatic carbocycles. The van der Waals surface area contributed by atoms with Gasteiger partial charge in [-0.05, 0) is 63.2 Å². The summed E-state index contributed by atoms with van der Waals surface area (Å²) in [6, 6.07) is 21.3. The first kappa shape index (κ1) is 21.2. The van der Waals surface area contributed by atoms with Crippen molar-refractivity contribution in [1.29, 1.82) is 5.26 Å². The first-order chi connectivity index (χ1) is 16.0. The Hall–Kier alpha value is -3.69. The summed E-state index contributed by atoms with van der Waals surface area (Å²) in [5.74, 6) is 0.928. The van der Waals surface area contributed by atoms with Gasteiger partial charge in [-0.1, -0.05) is 42.0 Å². The first-order valence-corrected chi connectivity index (χ1v) is 11.4. The van der Waals surface area contributed by atoms with Crippen LogP contribution in [0.2, 0.25) is 0 Å². The van der Waals surface area contributed by atoms with Crippen molar-refractivity contribution in [3.8, 4) is 28.5 Å². The van der Waals surface area contributed by atoms with E-state index in [-0.39, 0.29) is 0 Å². The first-order valence-electron chi connectivity index (χ1n) is 11.4. The molecular weight excluding hydrogens is 408 g/mol. The Labute approximate surface area is 194 Å². The van der Waals surface area contributed by atoms with Crippen LogP contribution in [0.5, 0.6) is 0 Å². The third kappa shape index (κ3) is 3.96. The minimum atomic E-state index is 0.505. The summed E-state index contributed by atoms with van der Waals surface area (Å²) in [7, 11) is 4.30. The van der Waals surface area contributed by atoms with Crippen LogP contribution in [0.3, 0.4) is 0 Å². The average molecular weight is 437 g/mol. The summed E-state index contributed by atoms with van der Waals surface area (Å²) in [5, 5.41) is 18.2. The Bertz CT molecular complexity index is 1310. The highest BCUT2D eigenvalue weighted by atomic mass is 15.3. The van der Waals surface area contributed by atoms with E-state index in [0.717, 1.165) is 53.2 Å². The molecule has 0 N–H and O–H groups in total. The maximum atomic E-state index is 9.23. The minimum absolute atomic E-state index is 0.505.